The lowest BCUT2D eigenvalue weighted by Crippen LogP contribution is -2.47. The maximum absolute atomic E-state index is 12.8. The van der Waals surface area contributed by atoms with Crippen LogP contribution in [0.4, 0.5) is 5.69 Å². The van der Waals surface area contributed by atoms with Crippen molar-refractivity contribution in [2.45, 2.75) is 30.3 Å². The van der Waals surface area contributed by atoms with E-state index in [1.807, 2.05) is 24.3 Å². The summed E-state index contributed by atoms with van der Waals surface area (Å²) in [6.07, 6.45) is 1.62. The van der Waals surface area contributed by atoms with Crippen molar-refractivity contribution >= 4 is 35.2 Å². The van der Waals surface area contributed by atoms with E-state index >= 15 is 0 Å². The molecular formula is C18H22N2O5S. The van der Waals surface area contributed by atoms with Gasteiger partial charge in [-0.2, -0.15) is 0 Å². The van der Waals surface area contributed by atoms with E-state index in [9.17, 15) is 14.4 Å². The summed E-state index contributed by atoms with van der Waals surface area (Å²) in [7, 11) is 0. The van der Waals surface area contributed by atoms with Gasteiger partial charge >= 0.3 is 5.97 Å². The molecule has 0 aliphatic carbocycles. The molecule has 2 amide bonds. The summed E-state index contributed by atoms with van der Waals surface area (Å²) in [4.78, 5) is 40.1. The van der Waals surface area contributed by atoms with Crippen molar-refractivity contribution in [3.8, 4) is 0 Å². The second-order valence-electron chi connectivity index (χ2n) is 6.35. The number of hydrogen-bond donors (Lipinski definition) is 1. The third-order valence-electron chi connectivity index (χ3n) is 4.50. The lowest BCUT2D eigenvalue weighted by molar-refractivity contribution is -0.139. The molecule has 1 N–H and O–H groups in total. The first-order valence-electron chi connectivity index (χ1n) is 8.68. The highest BCUT2D eigenvalue weighted by atomic mass is 32.2. The SMILES string of the molecule is O=C(O)CCN(CC1CCCO1)C(=O)CN1C(=O)CSc2ccccc21. The van der Waals surface area contributed by atoms with Crippen molar-refractivity contribution in [3.05, 3.63) is 24.3 Å². The standard InChI is InChI=1S/C18H22N2O5S/c21-16(19(8-7-18(23)24)10-13-4-3-9-25-13)11-20-14-5-1-2-6-15(14)26-12-17(20)22/h1-2,5-6,13H,3-4,7-12H2,(H,23,24). The molecule has 26 heavy (non-hydrogen) atoms. The van der Waals surface area contributed by atoms with Gasteiger partial charge in [0.25, 0.3) is 0 Å². The fourth-order valence-corrected chi connectivity index (χ4v) is 4.08. The Kier molecular flexibility index (Phi) is 6.16. The van der Waals surface area contributed by atoms with E-state index in [4.69, 9.17) is 9.84 Å². The number of thioether (sulfide) groups is 1. The lowest BCUT2D eigenvalue weighted by atomic mass is 10.2. The van der Waals surface area contributed by atoms with Crippen molar-refractivity contribution in [1.82, 2.24) is 4.90 Å². The van der Waals surface area contributed by atoms with Crippen LogP contribution >= 0.6 is 11.8 Å². The van der Waals surface area contributed by atoms with Gasteiger partial charge in [0, 0.05) is 24.6 Å². The van der Waals surface area contributed by atoms with Crippen LogP contribution in [-0.2, 0) is 19.1 Å². The number of benzene rings is 1. The van der Waals surface area contributed by atoms with Gasteiger partial charge in [-0.1, -0.05) is 12.1 Å². The zero-order chi connectivity index (χ0) is 18.5. The Morgan fingerprint density at radius 3 is 2.88 bits per heavy atom. The quantitative estimate of drug-likeness (QED) is 0.776. The van der Waals surface area contributed by atoms with Crippen molar-refractivity contribution in [2.75, 3.05) is 36.9 Å². The number of nitrogens with zero attached hydrogens (tertiary/aromatic N) is 2. The maximum Gasteiger partial charge on any atom is 0.305 e. The van der Waals surface area contributed by atoms with Crippen molar-refractivity contribution in [3.63, 3.8) is 0 Å². The fraction of sp³-hybridized carbons (Fsp3) is 0.500. The number of carboxylic acids is 1. The molecule has 1 unspecified atom stereocenters. The number of amides is 2. The summed E-state index contributed by atoms with van der Waals surface area (Å²) in [6.45, 7) is 1.07. The second-order valence-corrected chi connectivity index (χ2v) is 7.37. The number of carbonyl (C=O) groups excluding carboxylic acids is 2. The molecule has 2 heterocycles. The minimum Gasteiger partial charge on any atom is -0.481 e. The number of anilines is 1. The fourth-order valence-electron chi connectivity index (χ4n) is 3.15. The summed E-state index contributed by atoms with van der Waals surface area (Å²) in [6, 6.07) is 7.50. The number of aliphatic carboxylic acids is 1. The molecule has 8 heteroatoms. The smallest absolute Gasteiger partial charge is 0.305 e. The van der Waals surface area contributed by atoms with Gasteiger partial charge in [-0.05, 0) is 25.0 Å². The molecule has 0 radical (unpaired) electrons. The monoisotopic (exact) mass is 378 g/mol. The van der Waals surface area contributed by atoms with E-state index in [0.29, 0.717) is 18.9 Å². The van der Waals surface area contributed by atoms with Crippen LogP contribution in [0.15, 0.2) is 29.2 Å². The number of para-hydroxylation sites is 1. The van der Waals surface area contributed by atoms with Crippen LogP contribution in [0.1, 0.15) is 19.3 Å². The molecule has 3 rings (SSSR count). The van der Waals surface area contributed by atoms with E-state index in [-0.39, 0.29) is 37.4 Å². The highest BCUT2D eigenvalue weighted by molar-refractivity contribution is 8.00. The molecule has 0 aromatic heterocycles. The number of fused-ring (bicyclic) bond motifs is 1. The molecule has 1 aromatic carbocycles. The first kappa shape index (κ1) is 18.7. The lowest BCUT2D eigenvalue weighted by Gasteiger charge is -2.31. The molecule has 0 saturated carbocycles. The van der Waals surface area contributed by atoms with Gasteiger partial charge in [0.1, 0.15) is 6.54 Å². The molecule has 0 bridgehead atoms. The molecule has 7 nitrogen and oxygen atoms in total. The summed E-state index contributed by atoms with van der Waals surface area (Å²) in [5, 5.41) is 8.96. The third kappa shape index (κ3) is 4.56. The van der Waals surface area contributed by atoms with Crippen molar-refractivity contribution in [1.29, 1.82) is 0 Å². The molecule has 140 valence electrons. The first-order chi connectivity index (χ1) is 12.5. The topological polar surface area (TPSA) is 87.2 Å². The first-order valence-corrected chi connectivity index (χ1v) is 9.66. The van der Waals surface area contributed by atoms with Gasteiger partial charge in [-0.3, -0.25) is 14.4 Å². The van der Waals surface area contributed by atoms with Crippen LogP contribution in [0.3, 0.4) is 0 Å². The summed E-state index contributed by atoms with van der Waals surface area (Å²) < 4.78 is 5.58. The molecule has 2 aliphatic rings. The molecule has 1 saturated heterocycles. The average Bonchev–Trinajstić information content (AvgIpc) is 3.14. The largest absolute Gasteiger partial charge is 0.481 e. The van der Waals surface area contributed by atoms with Crippen LogP contribution in [0.2, 0.25) is 0 Å². The molecule has 1 atom stereocenters. The Morgan fingerprint density at radius 2 is 2.15 bits per heavy atom. The molecule has 1 aromatic rings. The van der Waals surface area contributed by atoms with E-state index in [2.05, 4.69) is 0 Å². The van der Waals surface area contributed by atoms with E-state index in [1.165, 1.54) is 21.6 Å². The van der Waals surface area contributed by atoms with E-state index in [0.717, 1.165) is 23.4 Å². The Bertz CT molecular complexity index is 690. The van der Waals surface area contributed by atoms with Gasteiger partial charge in [-0.15, -0.1) is 11.8 Å². The van der Waals surface area contributed by atoms with Crippen LogP contribution in [-0.4, -0.2) is 65.9 Å². The van der Waals surface area contributed by atoms with E-state index in [1.54, 1.807) is 0 Å². The van der Waals surface area contributed by atoms with Crippen LogP contribution in [0.25, 0.3) is 0 Å². The highest BCUT2D eigenvalue weighted by Gasteiger charge is 2.29. The number of carboxylic acid groups (broad SMARTS) is 1. The van der Waals surface area contributed by atoms with Crippen LogP contribution in [0, 0.1) is 0 Å². The zero-order valence-corrected chi connectivity index (χ0v) is 15.2. The minimum atomic E-state index is -0.953. The summed E-state index contributed by atoms with van der Waals surface area (Å²) in [5.74, 6) is -1.02. The molecule has 1 fully saturated rings. The van der Waals surface area contributed by atoms with Gasteiger partial charge in [0.15, 0.2) is 0 Å². The van der Waals surface area contributed by atoms with E-state index < -0.39 is 5.97 Å². The number of hydrogen-bond acceptors (Lipinski definition) is 5. The summed E-state index contributed by atoms with van der Waals surface area (Å²) in [5.41, 5.74) is 0.734. The predicted octanol–water partition coefficient (Wildman–Crippen LogP) is 1.61. The van der Waals surface area contributed by atoms with Crippen molar-refractivity contribution < 1.29 is 24.2 Å². The van der Waals surface area contributed by atoms with Gasteiger partial charge in [0.2, 0.25) is 11.8 Å². The van der Waals surface area contributed by atoms with Crippen molar-refractivity contribution in [2.24, 2.45) is 0 Å². The molecule has 2 aliphatic heterocycles. The van der Waals surface area contributed by atoms with Crippen LogP contribution in [0.5, 0.6) is 0 Å². The number of rotatable bonds is 7. The number of carbonyl (C=O) groups is 3. The predicted molar refractivity (Wildman–Crippen MR) is 97.3 cm³/mol. The second kappa shape index (κ2) is 8.55. The molecular weight excluding hydrogens is 356 g/mol. The minimum absolute atomic E-state index is 0.0624. The average molecular weight is 378 g/mol. The summed E-state index contributed by atoms with van der Waals surface area (Å²) >= 11 is 1.46. The number of ether oxygens (including phenoxy) is 1. The Hall–Kier alpha value is -2.06. The normalized spacial score (nSPS) is 19.3. The Labute approximate surface area is 156 Å². The van der Waals surface area contributed by atoms with Gasteiger partial charge < -0.3 is 19.6 Å². The maximum atomic E-state index is 12.8. The Balaban J connectivity index is 1.71. The van der Waals surface area contributed by atoms with Gasteiger partial charge in [-0.25, -0.2) is 0 Å². The Morgan fingerprint density at radius 1 is 1.35 bits per heavy atom. The van der Waals surface area contributed by atoms with Crippen LogP contribution < -0.4 is 4.90 Å². The highest BCUT2D eigenvalue weighted by Crippen LogP contribution is 2.34. The van der Waals surface area contributed by atoms with Gasteiger partial charge in [0.05, 0.1) is 24.0 Å². The molecule has 0 spiro atoms. The zero-order valence-electron chi connectivity index (χ0n) is 14.4. The third-order valence-corrected chi connectivity index (χ3v) is 5.55.